The van der Waals surface area contributed by atoms with Crippen molar-refractivity contribution >= 4 is 63.2 Å². The Morgan fingerprint density at radius 1 is 1.00 bits per heavy atom. The SMILES string of the molecule is CC(=O)n1cc(C(=O)Nc2ccc(Cl)cc2Cl)c2ccc(Cl)cc21. The van der Waals surface area contributed by atoms with Gasteiger partial charge in [0.1, 0.15) is 0 Å². The van der Waals surface area contributed by atoms with Crippen LogP contribution in [0.2, 0.25) is 15.1 Å². The molecule has 1 aromatic heterocycles. The Balaban J connectivity index is 2.05. The lowest BCUT2D eigenvalue weighted by Crippen LogP contribution is -2.12. The minimum absolute atomic E-state index is 0.217. The van der Waals surface area contributed by atoms with E-state index in [0.29, 0.717) is 37.2 Å². The standard InChI is InChI=1S/C17H11Cl3N2O2/c1-9(23)22-8-13(12-4-2-11(19)7-16(12)22)17(24)21-15-5-3-10(18)6-14(15)20/h2-8H,1H3,(H,21,24). The monoisotopic (exact) mass is 380 g/mol. The van der Waals surface area contributed by atoms with Crippen LogP contribution in [-0.4, -0.2) is 16.4 Å². The predicted octanol–water partition coefficient (Wildman–Crippen LogP) is 5.51. The van der Waals surface area contributed by atoms with Crippen molar-refractivity contribution < 1.29 is 9.59 Å². The molecule has 0 unspecified atom stereocenters. The quantitative estimate of drug-likeness (QED) is 0.636. The molecule has 0 aliphatic rings. The number of hydrogen-bond donors (Lipinski definition) is 1. The highest BCUT2D eigenvalue weighted by atomic mass is 35.5. The number of aromatic nitrogens is 1. The van der Waals surface area contributed by atoms with Crippen LogP contribution in [0.1, 0.15) is 22.1 Å². The largest absolute Gasteiger partial charge is 0.321 e. The molecule has 3 rings (SSSR count). The van der Waals surface area contributed by atoms with Crippen LogP contribution < -0.4 is 5.32 Å². The number of halogens is 3. The van der Waals surface area contributed by atoms with Gasteiger partial charge in [0.15, 0.2) is 0 Å². The zero-order valence-corrected chi connectivity index (χ0v) is 14.7. The lowest BCUT2D eigenvalue weighted by atomic mass is 10.1. The maximum atomic E-state index is 12.6. The van der Waals surface area contributed by atoms with Crippen molar-refractivity contribution in [2.24, 2.45) is 0 Å². The Kier molecular flexibility index (Phi) is 4.54. The fraction of sp³-hybridized carbons (Fsp3) is 0.0588. The number of anilines is 1. The van der Waals surface area contributed by atoms with E-state index in [1.54, 1.807) is 30.3 Å². The van der Waals surface area contributed by atoms with E-state index in [4.69, 9.17) is 34.8 Å². The first-order chi connectivity index (χ1) is 11.4. The molecule has 0 spiro atoms. The Morgan fingerprint density at radius 3 is 2.33 bits per heavy atom. The molecule has 0 saturated carbocycles. The highest BCUT2D eigenvalue weighted by molar-refractivity contribution is 6.37. The number of fused-ring (bicyclic) bond motifs is 1. The van der Waals surface area contributed by atoms with Crippen molar-refractivity contribution in [3.63, 3.8) is 0 Å². The van der Waals surface area contributed by atoms with Gasteiger partial charge in [0.2, 0.25) is 5.91 Å². The number of benzene rings is 2. The van der Waals surface area contributed by atoms with Gasteiger partial charge in [0.05, 0.1) is 21.8 Å². The minimum Gasteiger partial charge on any atom is -0.321 e. The maximum absolute atomic E-state index is 12.6. The number of carbonyl (C=O) groups excluding carboxylic acids is 2. The molecule has 0 atom stereocenters. The second kappa shape index (κ2) is 6.48. The van der Waals surface area contributed by atoms with Gasteiger partial charge in [0.25, 0.3) is 5.91 Å². The van der Waals surface area contributed by atoms with Crippen molar-refractivity contribution in [2.75, 3.05) is 5.32 Å². The average molecular weight is 382 g/mol. The van der Waals surface area contributed by atoms with Crippen LogP contribution in [-0.2, 0) is 0 Å². The first kappa shape index (κ1) is 16.8. The zero-order chi connectivity index (χ0) is 17.4. The van der Waals surface area contributed by atoms with Gasteiger partial charge in [-0.1, -0.05) is 40.9 Å². The first-order valence-corrected chi connectivity index (χ1v) is 8.08. The Hall–Kier alpha value is -2.01. The fourth-order valence-corrected chi connectivity index (χ4v) is 3.04. The van der Waals surface area contributed by atoms with Crippen LogP contribution in [0, 0.1) is 0 Å². The molecular formula is C17H11Cl3N2O2. The normalized spacial score (nSPS) is 10.8. The molecule has 2 aromatic carbocycles. The summed E-state index contributed by atoms with van der Waals surface area (Å²) in [6.45, 7) is 1.41. The third-order valence-electron chi connectivity index (χ3n) is 3.53. The number of nitrogens with zero attached hydrogens (tertiary/aromatic N) is 1. The van der Waals surface area contributed by atoms with Gasteiger partial charge in [-0.05, 0) is 30.3 Å². The van der Waals surface area contributed by atoms with Gasteiger partial charge >= 0.3 is 0 Å². The topological polar surface area (TPSA) is 51.1 Å². The minimum atomic E-state index is -0.383. The first-order valence-electron chi connectivity index (χ1n) is 6.95. The lowest BCUT2D eigenvalue weighted by Gasteiger charge is -2.07. The third-order valence-corrected chi connectivity index (χ3v) is 4.31. The summed E-state index contributed by atoms with van der Waals surface area (Å²) in [4.78, 5) is 24.4. The average Bonchev–Trinajstić information content (AvgIpc) is 2.89. The molecule has 4 nitrogen and oxygen atoms in total. The molecule has 7 heteroatoms. The summed E-state index contributed by atoms with van der Waals surface area (Å²) in [6.07, 6.45) is 1.49. The van der Waals surface area contributed by atoms with Gasteiger partial charge in [-0.15, -0.1) is 0 Å². The summed E-state index contributed by atoms with van der Waals surface area (Å²) < 4.78 is 1.39. The van der Waals surface area contributed by atoms with Gasteiger partial charge < -0.3 is 5.32 Å². The van der Waals surface area contributed by atoms with Gasteiger partial charge in [0, 0.05) is 28.6 Å². The number of nitrogens with one attached hydrogen (secondary N) is 1. The molecule has 0 saturated heterocycles. The molecule has 24 heavy (non-hydrogen) atoms. The van der Waals surface area contributed by atoms with Crippen molar-refractivity contribution in [1.82, 2.24) is 4.57 Å². The van der Waals surface area contributed by atoms with Crippen molar-refractivity contribution in [1.29, 1.82) is 0 Å². The Morgan fingerprint density at radius 2 is 1.67 bits per heavy atom. The molecule has 0 aliphatic carbocycles. The summed E-state index contributed by atoms with van der Waals surface area (Å²) in [5, 5.41) is 4.63. The molecule has 1 N–H and O–H groups in total. The van der Waals surface area contributed by atoms with E-state index >= 15 is 0 Å². The van der Waals surface area contributed by atoms with Crippen LogP contribution in [0.15, 0.2) is 42.6 Å². The Bertz CT molecular complexity index is 979. The summed E-state index contributed by atoms with van der Waals surface area (Å²) >= 11 is 17.9. The Labute approximate surface area is 152 Å². The third kappa shape index (κ3) is 3.13. The van der Waals surface area contributed by atoms with Gasteiger partial charge in [-0.2, -0.15) is 0 Å². The summed E-state index contributed by atoms with van der Waals surface area (Å²) in [7, 11) is 0. The van der Waals surface area contributed by atoms with Crippen LogP contribution in [0.25, 0.3) is 10.9 Å². The predicted molar refractivity (Wildman–Crippen MR) is 97.7 cm³/mol. The smallest absolute Gasteiger partial charge is 0.257 e. The molecular weight excluding hydrogens is 371 g/mol. The van der Waals surface area contributed by atoms with Crippen LogP contribution in [0.5, 0.6) is 0 Å². The molecule has 1 heterocycles. The molecule has 0 aliphatic heterocycles. The molecule has 0 fully saturated rings. The van der Waals surface area contributed by atoms with Crippen molar-refractivity contribution in [2.45, 2.75) is 6.92 Å². The number of carbonyl (C=O) groups is 2. The summed E-state index contributed by atoms with van der Waals surface area (Å²) in [5.74, 6) is -0.600. The van der Waals surface area contributed by atoms with Crippen LogP contribution in [0.4, 0.5) is 5.69 Å². The number of amides is 1. The number of hydrogen-bond acceptors (Lipinski definition) is 2. The van der Waals surface area contributed by atoms with E-state index in [2.05, 4.69) is 5.32 Å². The van der Waals surface area contributed by atoms with E-state index in [1.165, 1.54) is 23.8 Å². The van der Waals surface area contributed by atoms with E-state index in [1.807, 2.05) is 0 Å². The van der Waals surface area contributed by atoms with Gasteiger partial charge in [-0.25, -0.2) is 0 Å². The molecule has 0 bridgehead atoms. The lowest BCUT2D eigenvalue weighted by molar-refractivity contribution is 0.0941. The van der Waals surface area contributed by atoms with E-state index in [-0.39, 0.29) is 11.8 Å². The van der Waals surface area contributed by atoms with Crippen LogP contribution >= 0.6 is 34.8 Å². The molecule has 1 amide bonds. The van der Waals surface area contributed by atoms with Gasteiger partial charge in [-0.3, -0.25) is 14.2 Å². The molecule has 122 valence electrons. The van der Waals surface area contributed by atoms with E-state index < -0.39 is 0 Å². The second-order valence-electron chi connectivity index (χ2n) is 5.17. The van der Waals surface area contributed by atoms with E-state index in [0.717, 1.165) is 0 Å². The number of rotatable bonds is 2. The second-order valence-corrected chi connectivity index (χ2v) is 6.45. The van der Waals surface area contributed by atoms with Crippen molar-refractivity contribution in [3.8, 4) is 0 Å². The highest BCUT2D eigenvalue weighted by Crippen LogP contribution is 2.28. The molecule has 0 radical (unpaired) electrons. The van der Waals surface area contributed by atoms with Crippen LogP contribution in [0.3, 0.4) is 0 Å². The summed E-state index contributed by atoms with van der Waals surface area (Å²) in [5.41, 5.74) is 1.36. The summed E-state index contributed by atoms with van der Waals surface area (Å²) in [6, 6.07) is 9.79. The zero-order valence-electron chi connectivity index (χ0n) is 12.4. The fourth-order valence-electron chi connectivity index (χ4n) is 2.42. The maximum Gasteiger partial charge on any atom is 0.257 e. The van der Waals surface area contributed by atoms with Crippen molar-refractivity contribution in [3.05, 3.63) is 63.2 Å². The van der Waals surface area contributed by atoms with E-state index in [9.17, 15) is 9.59 Å². The highest BCUT2D eigenvalue weighted by Gasteiger charge is 2.18. The molecule has 3 aromatic rings.